The van der Waals surface area contributed by atoms with Gasteiger partial charge in [-0.05, 0) is 24.3 Å². The van der Waals surface area contributed by atoms with Crippen molar-refractivity contribution < 1.29 is 9.72 Å². The molecule has 0 radical (unpaired) electrons. The van der Waals surface area contributed by atoms with Crippen molar-refractivity contribution in [3.8, 4) is 0 Å². The van der Waals surface area contributed by atoms with Crippen LogP contribution in [0.25, 0.3) is 0 Å². The monoisotopic (exact) mass is 272 g/mol. The summed E-state index contributed by atoms with van der Waals surface area (Å²) in [5.41, 5.74) is 0.449. The Hall–Kier alpha value is -2.96. The highest BCUT2D eigenvalue weighted by atomic mass is 16.6. The highest BCUT2D eigenvalue weighted by molar-refractivity contribution is 6.00. The number of carbonyl (C=O) groups excluding carboxylic acids is 1. The summed E-state index contributed by atoms with van der Waals surface area (Å²) in [4.78, 5) is 27.4. The third-order valence-electron chi connectivity index (χ3n) is 2.63. The summed E-state index contributed by atoms with van der Waals surface area (Å²) in [7, 11) is 1.59. The third-order valence-corrected chi connectivity index (χ3v) is 2.63. The number of urea groups is 1. The van der Waals surface area contributed by atoms with Gasteiger partial charge in [-0.1, -0.05) is 6.07 Å². The number of anilines is 2. The van der Waals surface area contributed by atoms with Gasteiger partial charge in [0.05, 0.1) is 4.92 Å². The maximum absolute atomic E-state index is 12.0. The summed E-state index contributed by atoms with van der Waals surface area (Å²) in [6.45, 7) is 0. The Labute approximate surface area is 115 Å². The normalized spacial score (nSPS) is 9.85. The molecule has 0 aliphatic heterocycles. The molecule has 20 heavy (non-hydrogen) atoms. The number of hydrogen-bond donors (Lipinski definition) is 1. The fraction of sp³-hybridized carbons (Fsp3) is 0.0769. The standard InChI is InChI=1S/C13H12N4O3/c1-16(12-4-2-3-9-14-12)13(18)15-10-5-7-11(8-6-10)17(19)20/h2-9H,1H3,(H,15,18). The van der Waals surface area contributed by atoms with E-state index in [4.69, 9.17) is 0 Å². The van der Waals surface area contributed by atoms with Crippen molar-refractivity contribution in [1.29, 1.82) is 0 Å². The number of hydrogen-bond acceptors (Lipinski definition) is 4. The van der Waals surface area contributed by atoms with Crippen LogP contribution in [0.15, 0.2) is 48.7 Å². The topological polar surface area (TPSA) is 88.4 Å². The highest BCUT2D eigenvalue weighted by Gasteiger charge is 2.12. The molecular formula is C13H12N4O3. The zero-order valence-corrected chi connectivity index (χ0v) is 10.7. The van der Waals surface area contributed by atoms with Crippen LogP contribution in [0.2, 0.25) is 0 Å². The zero-order valence-electron chi connectivity index (χ0n) is 10.7. The molecule has 102 valence electrons. The lowest BCUT2D eigenvalue weighted by Crippen LogP contribution is -2.31. The van der Waals surface area contributed by atoms with Gasteiger partial charge in [0.2, 0.25) is 0 Å². The van der Waals surface area contributed by atoms with Crippen LogP contribution in [0.3, 0.4) is 0 Å². The van der Waals surface area contributed by atoms with Crippen LogP contribution >= 0.6 is 0 Å². The van der Waals surface area contributed by atoms with E-state index < -0.39 is 4.92 Å². The van der Waals surface area contributed by atoms with Gasteiger partial charge in [0.15, 0.2) is 0 Å². The molecule has 1 aromatic heterocycles. The van der Waals surface area contributed by atoms with Crippen LogP contribution in [0.1, 0.15) is 0 Å². The van der Waals surface area contributed by atoms with E-state index in [1.54, 1.807) is 31.4 Å². The van der Waals surface area contributed by atoms with Crippen LogP contribution in [-0.2, 0) is 0 Å². The third kappa shape index (κ3) is 3.08. The fourth-order valence-electron chi connectivity index (χ4n) is 1.53. The van der Waals surface area contributed by atoms with Crippen LogP contribution < -0.4 is 10.2 Å². The molecule has 1 N–H and O–H groups in total. The number of nitrogens with zero attached hydrogens (tertiary/aromatic N) is 3. The number of nitro groups is 1. The molecule has 0 unspecified atom stereocenters. The van der Waals surface area contributed by atoms with E-state index in [2.05, 4.69) is 10.3 Å². The number of rotatable bonds is 3. The molecule has 0 saturated carbocycles. The Kier molecular flexibility index (Phi) is 3.90. The van der Waals surface area contributed by atoms with Gasteiger partial charge in [-0.3, -0.25) is 15.0 Å². The van der Waals surface area contributed by atoms with E-state index in [0.717, 1.165) is 0 Å². The summed E-state index contributed by atoms with van der Waals surface area (Å²) in [5, 5.41) is 13.2. The number of nitro benzene ring substituents is 1. The quantitative estimate of drug-likeness (QED) is 0.687. The largest absolute Gasteiger partial charge is 0.327 e. The first-order chi connectivity index (χ1) is 9.58. The van der Waals surface area contributed by atoms with Crippen molar-refractivity contribution in [1.82, 2.24) is 4.98 Å². The Bertz CT molecular complexity index is 613. The molecule has 2 rings (SSSR count). The van der Waals surface area contributed by atoms with Gasteiger partial charge in [0, 0.05) is 31.1 Å². The maximum atomic E-state index is 12.0. The molecule has 7 heteroatoms. The number of nitrogens with one attached hydrogen (secondary N) is 1. The summed E-state index contributed by atoms with van der Waals surface area (Å²) < 4.78 is 0. The van der Waals surface area contributed by atoms with Crippen molar-refractivity contribution in [3.63, 3.8) is 0 Å². The van der Waals surface area contributed by atoms with Gasteiger partial charge in [0.25, 0.3) is 5.69 Å². The molecule has 2 amide bonds. The lowest BCUT2D eigenvalue weighted by molar-refractivity contribution is -0.384. The Morgan fingerprint density at radius 1 is 1.25 bits per heavy atom. The first-order valence-electron chi connectivity index (χ1n) is 5.78. The van der Waals surface area contributed by atoms with Crippen molar-refractivity contribution in [3.05, 3.63) is 58.8 Å². The number of aromatic nitrogens is 1. The van der Waals surface area contributed by atoms with Crippen LogP contribution in [-0.4, -0.2) is 23.0 Å². The van der Waals surface area contributed by atoms with E-state index in [1.165, 1.54) is 29.2 Å². The molecule has 7 nitrogen and oxygen atoms in total. The molecule has 0 atom stereocenters. The van der Waals surface area contributed by atoms with Gasteiger partial charge < -0.3 is 5.32 Å². The average Bonchev–Trinajstić information content (AvgIpc) is 2.48. The van der Waals surface area contributed by atoms with E-state index in [1.807, 2.05) is 0 Å². The summed E-state index contributed by atoms with van der Waals surface area (Å²) >= 11 is 0. The summed E-state index contributed by atoms with van der Waals surface area (Å²) in [6.07, 6.45) is 1.59. The second kappa shape index (κ2) is 5.79. The van der Waals surface area contributed by atoms with Crippen LogP contribution in [0, 0.1) is 10.1 Å². The Balaban J connectivity index is 2.06. The summed E-state index contributed by atoms with van der Waals surface area (Å²) in [5.74, 6) is 0.506. The molecular weight excluding hydrogens is 260 g/mol. The second-order valence-corrected chi connectivity index (χ2v) is 3.98. The molecule has 2 aromatic rings. The predicted molar refractivity (Wildman–Crippen MR) is 74.8 cm³/mol. The van der Waals surface area contributed by atoms with Gasteiger partial charge >= 0.3 is 6.03 Å². The lowest BCUT2D eigenvalue weighted by atomic mass is 10.3. The molecule has 0 aliphatic carbocycles. The molecule has 0 fully saturated rings. The lowest BCUT2D eigenvalue weighted by Gasteiger charge is -2.16. The minimum atomic E-state index is -0.494. The van der Waals surface area contributed by atoms with E-state index in [0.29, 0.717) is 11.5 Å². The van der Waals surface area contributed by atoms with E-state index in [-0.39, 0.29) is 11.7 Å². The van der Waals surface area contributed by atoms with Crippen molar-refractivity contribution in [2.45, 2.75) is 0 Å². The van der Waals surface area contributed by atoms with Crippen LogP contribution in [0.4, 0.5) is 22.0 Å². The molecule has 1 heterocycles. The van der Waals surface area contributed by atoms with E-state index >= 15 is 0 Å². The van der Waals surface area contributed by atoms with Gasteiger partial charge in [-0.15, -0.1) is 0 Å². The maximum Gasteiger partial charge on any atom is 0.327 e. The fourth-order valence-corrected chi connectivity index (χ4v) is 1.53. The number of amides is 2. The average molecular weight is 272 g/mol. The first kappa shape index (κ1) is 13.5. The van der Waals surface area contributed by atoms with Gasteiger partial charge in [-0.25, -0.2) is 9.78 Å². The Morgan fingerprint density at radius 2 is 1.95 bits per heavy atom. The SMILES string of the molecule is CN(C(=O)Nc1ccc([N+](=O)[O-])cc1)c1ccccn1. The number of pyridine rings is 1. The molecule has 1 aromatic carbocycles. The van der Waals surface area contributed by atoms with E-state index in [9.17, 15) is 14.9 Å². The first-order valence-corrected chi connectivity index (χ1v) is 5.78. The van der Waals surface area contributed by atoms with Crippen molar-refractivity contribution >= 4 is 23.2 Å². The summed E-state index contributed by atoms with van der Waals surface area (Å²) in [6, 6.07) is 10.5. The molecule has 0 bridgehead atoms. The van der Waals surface area contributed by atoms with Gasteiger partial charge in [0.1, 0.15) is 5.82 Å². The molecule has 0 aliphatic rings. The predicted octanol–water partition coefficient (Wildman–Crippen LogP) is 2.66. The molecule has 0 saturated heterocycles. The number of carbonyl (C=O) groups is 1. The Morgan fingerprint density at radius 3 is 2.50 bits per heavy atom. The molecule has 0 spiro atoms. The zero-order chi connectivity index (χ0) is 14.5. The van der Waals surface area contributed by atoms with Gasteiger partial charge in [-0.2, -0.15) is 0 Å². The minimum Gasteiger partial charge on any atom is -0.308 e. The second-order valence-electron chi connectivity index (χ2n) is 3.98. The van der Waals surface area contributed by atoms with Crippen molar-refractivity contribution in [2.75, 3.05) is 17.3 Å². The number of benzene rings is 1. The highest BCUT2D eigenvalue weighted by Crippen LogP contribution is 2.16. The smallest absolute Gasteiger partial charge is 0.308 e. The minimum absolute atomic E-state index is 0.0268. The van der Waals surface area contributed by atoms with Crippen LogP contribution in [0.5, 0.6) is 0 Å². The number of non-ortho nitro benzene ring substituents is 1. The van der Waals surface area contributed by atoms with Crippen molar-refractivity contribution in [2.24, 2.45) is 0 Å².